The van der Waals surface area contributed by atoms with E-state index in [1.54, 1.807) is 6.92 Å². The number of aliphatic carboxylic acids is 1. The molecule has 30 heavy (non-hydrogen) atoms. The molecule has 0 aliphatic carbocycles. The first-order chi connectivity index (χ1) is 13.8. The summed E-state index contributed by atoms with van der Waals surface area (Å²) in [6.45, 7) is 2.59. The van der Waals surface area contributed by atoms with Crippen LogP contribution in [0.25, 0.3) is 0 Å². The van der Waals surface area contributed by atoms with E-state index in [4.69, 9.17) is 0 Å². The van der Waals surface area contributed by atoms with Gasteiger partial charge in [0.05, 0.1) is 5.56 Å². The highest BCUT2D eigenvalue weighted by Gasteiger charge is 2.52. The Morgan fingerprint density at radius 1 is 1.30 bits per heavy atom. The van der Waals surface area contributed by atoms with E-state index < -0.39 is 57.1 Å². The second-order valence-electron chi connectivity index (χ2n) is 6.85. The molecule has 2 rings (SSSR count). The van der Waals surface area contributed by atoms with E-state index in [2.05, 4.69) is 5.10 Å². The zero-order valence-corrected chi connectivity index (χ0v) is 16.6. The number of carbonyl (C=O) groups excluding carboxylic acids is 2. The van der Waals surface area contributed by atoms with Crippen LogP contribution < -0.4 is 5.43 Å². The lowest BCUT2D eigenvalue weighted by atomic mass is 9.92. The minimum atomic E-state index is -4.58. The number of benzene rings is 1. The molecule has 0 spiro atoms. The number of hydrogen-bond donors (Lipinski definition) is 3. The standard InChI is InChI=1S/C17H18F3N3O6S/c1-9-7-12(24)23(9)13(15(26)27)16(2,30(28)29)8-21-22-14(25)10-3-5-11(6-4-10)17(18,19)20/h3-6,8-9,13,30H,7H2,1-2H3,(H,22,25)(H,26,27)/b21-8+/t9-,13+,16+/m1/s1. The van der Waals surface area contributed by atoms with Gasteiger partial charge in [-0.05, 0) is 38.1 Å². The van der Waals surface area contributed by atoms with Crippen molar-refractivity contribution in [3.8, 4) is 0 Å². The van der Waals surface area contributed by atoms with Crippen molar-refractivity contribution in [2.75, 3.05) is 0 Å². The maximum absolute atomic E-state index is 12.6. The van der Waals surface area contributed by atoms with Gasteiger partial charge in [0, 0.05) is 24.2 Å². The van der Waals surface area contributed by atoms with E-state index in [-0.39, 0.29) is 12.0 Å². The molecule has 1 aliphatic heterocycles. The smallest absolute Gasteiger partial charge is 0.416 e. The number of hydrazone groups is 1. The van der Waals surface area contributed by atoms with Gasteiger partial charge >= 0.3 is 12.1 Å². The third-order valence-corrected chi connectivity index (χ3v) is 5.81. The summed E-state index contributed by atoms with van der Waals surface area (Å²) in [5.41, 5.74) is 0.797. The van der Waals surface area contributed by atoms with Crippen molar-refractivity contribution >= 4 is 34.7 Å². The Kier molecular flexibility index (Phi) is 6.54. The summed E-state index contributed by atoms with van der Waals surface area (Å²) in [6.07, 6.45) is -3.83. The van der Waals surface area contributed by atoms with Gasteiger partial charge in [-0.3, -0.25) is 9.59 Å². The Morgan fingerprint density at radius 3 is 2.27 bits per heavy atom. The van der Waals surface area contributed by atoms with Crippen LogP contribution >= 0.6 is 0 Å². The van der Waals surface area contributed by atoms with Gasteiger partial charge in [0.15, 0.2) is 16.7 Å². The van der Waals surface area contributed by atoms with Crippen molar-refractivity contribution in [1.82, 2.24) is 10.3 Å². The number of thiol groups is 1. The minimum absolute atomic E-state index is 0.0668. The molecule has 0 saturated carbocycles. The fraction of sp³-hybridized carbons (Fsp3) is 0.412. The van der Waals surface area contributed by atoms with Gasteiger partial charge in [0.25, 0.3) is 5.91 Å². The van der Waals surface area contributed by atoms with Gasteiger partial charge in [0.1, 0.15) is 4.75 Å². The number of amides is 2. The van der Waals surface area contributed by atoms with Crippen LogP contribution in [0.15, 0.2) is 29.4 Å². The molecular formula is C17H18F3N3O6S. The Balaban J connectivity index is 2.22. The van der Waals surface area contributed by atoms with E-state index in [0.717, 1.165) is 24.0 Å². The molecule has 1 heterocycles. The molecule has 9 nitrogen and oxygen atoms in total. The Morgan fingerprint density at radius 2 is 1.87 bits per heavy atom. The Hall–Kier alpha value is -2.96. The number of β-lactam (4-membered cyclic amide) rings is 1. The molecule has 13 heteroatoms. The first-order valence-corrected chi connectivity index (χ1v) is 9.67. The zero-order valence-electron chi connectivity index (χ0n) is 15.7. The van der Waals surface area contributed by atoms with Gasteiger partial charge in [-0.1, -0.05) is 0 Å². The third kappa shape index (κ3) is 4.61. The lowest BCUT2D eigenvalue weighted by Gasteiger charge is -2.45. The summed E-state index contributed by atoms with van der Waals surface area (Å²) in [5, 5.41) is 13.0. The first-order valence-electron chi connectivity index (χ1n) is 8.49. The van der Waals surface area contributed by atoms with Gasteiger partial charge in [0.2, 0.25) is 5.91 Å². The van der Waals surface area contributed by atoms with E-state index >= 15 is 0 Å². The van der Waals surface area contributed by atoms with Gasteiger partial charge in [-0.15, -0.1) is 0 Å². The number of likely N-dealkylation sites (tertiary alicyclic amines) is 1. The molecule has 0 bridgehead atoms. The third-order valence-electron chi connectivity index (χ3n) is 4.66. The molecule has 2 N–H and O–H groups in total. The normalized spacial score (nSPS) is 20.0. The van der Waals surface area contributed by atoms with Crippen LogP contribution in [0.3, 0.4) is 0 Å². The van der Waals surface area contributed by atoms with Gasteiger partial charge in [-0.2, -0.15) is 18.3 Å². The number of carboxylic acid groups (broad SMARTS) is 1. The van der Waals surface area contributed by atoms with Crippen LogP contribution in [0, 0.1) is 0 Å². The number of halogens is 3. The van der Waals surface area contributed by atoms with Crippen molar-refractivity contribution in [1.29, 1.82) is 0 Å². The molecule has 164 valence electrons. The highest BCUT2D eigenvalue weighted by Crippen LogP contribution is 2.30. The molecule has 2 amide bonds. The van der Waals surface area contributed by atoms with Crippen LogP contribution in [-0.2, 0) is 26.5 Å². The number of nitrogens with zero attached hydrogens (tertiary/aromatic N) is 2. The monoisotopic (exact) mass is 449 g/mol. The van der Waals surface area contributed by atoms with Gasteiger partial charge < -0.3 is 10.0 Å². The summed E-state index contributed by atoms with van der Waals surface area (Å²) < 4.78 is 59.2. The molecule has 0 unspecified atom stereocenters. The molecule has 1 aromatic carbocycles. The van der Waals surface area contributed by atoms with E-state index in [9.17, 15) is 41.1 Å². The van der Waals surface area contributed by atoms with Crippen molar-refractivity contribution in [3.63, 3.8) is 0 Å². The number of rotatable bonds is 7. The number of hydrogen-bond acceptors (Lipinski definition) is 6. The lowest BCUT2D eigenvalue weighted by Crippen LogP contribution is -2.66. The highest BCUT2D eigenvalue weighted by atomic mass is 32.2. The fourth-order valence-electron chi connectivity index (χ4n) is 2.95. The average molecular weight is 449 g/mol. The second-order valence-corrected chi connectivity index (χ2v) is 8.33. The maximum atomic E-state index is 12.6. The maximum Gasteiger partial charge on any atom is 0.416 e. The number of carboxylic acids is 1. The summed E-state index contributed by atoms with van der Waals surface area (Å²) >= 11 is 0. The quantitative estimate of drug-likeness (QED) is 0.245. The van der Waals surface area contributed by atoms with E-state index in [1.807, 2.05) is 5.43 Å². The molecule has 0 aromatic heterocycles. The van der Waals surface area contributed by atoms with Crippen LogP contribution in [0.2, 0.25) is 0 Å². The Bertz CT molecular complexity index is 952. The second kappa shape index (κ2) is 8.42. The number of carbonyl (C=O) groups is 3. The largest absolute Gasteiger partial charge is 0.480 e. The van der Waals surface area contributed by atoms with Crippen molar-refractivity contribution in [3.05, 3.63) is 35.4 Å². The van der Waals surface area contributed by atoms with Crippen LogP contribution in [0.5, 0.6) is 0 Å². The lowest BCUT2D eigenvalue weighted by molar-refractivity contribution is -0.161. The summed E-state index contributed by atoms with van der Waals surface area (Å²) in [5.74, 6) is -3.05. The average Bonchev–Trinajstić information content (AvgIpc) is 2.64. The highest BCUT2D eigenvalue weighted by molar-refractivity contribution is 7.75. The minimum Gasteiger partial charge on any atom is -0.480 e. The molecule has 1 aromatic rings. The van der Waals surface area contributed by atoms with Crippen molar-refractivity contribution < 1.29 is 41.1 Å². The van der Waals surface area contributed by atoms with Crippen LogP contribution in [0.4, 0.5) is 13.2 Å². The molecule has 0 radical (unpaired) electrons. The molecular weight excluding hydrogens is 431 g/mol. The topological polar surface area (TPSA) is 133 Å². The van der Waals surface area contributed by atoms with Crippen LogP contribution in [0.1, 0.15) is 36.2 Å². The predicted molar refractivity (Wildman–Crippen MR) is 98.5 cm³/mol. The van der Waals surface area contributed by atoms with Crippen LogP contribution in [-0.4, -0.2) is 59.3 Å². The van der Waals surface area contributed by atoms with Gasteiger partial charge in [-0.25, -0.2) is 18.6 Å². The molecule has 1 fully saturated rings. The first kappa shape index (κ1) is 23.3. The summed E-state index contributed by atoms with van der Waals surface area (Å²) in [7, 11) is -3.46. The zero-order chi connectivity index (χ0) is 22.9. The molecule has 1 saturated heterocycles. The van der Waals surface area contributed by atoms with E-state index in [1.165, 1.54) is 0 Å². The molecule has 1 aliphatic rings. The molecule has 3 atom stereocenters. The van der Waals surface area contributed by atoms with Crippen molar-refractivity contribution in [2.45, 2.75) is 43.3 Å². The summed E-state index contributed by atoms with van der Waals surface area (Å²) in [6, 6.07) is 0.913. The number of nitrogens with one attached hydrogen (secondary N) is 1. The van der Waals surface area contributed by atoms with E-state index in [0.29, 0.717) is 18.3 Å². The predicted octanol–water partition coefficient (Wildman–Crippen LogP) is 0.865. The summed E-state index contributed by atoms with van der Waals surface area (Å²) in [4.78, 5) is 36.4. The fourth-order valence-corrected chi connectivity index (χ4v) is 3.54. The number of alkyl halides is 3. The Labute approximate surface area is 170 Å². The SMILES string of the molecule is C[C@@H]1CC(=O)N1[C@@H](C(=O)O)[C@](C)(/C=N/NC(=O)c1ccc(C(F)(F)F)cc1)[SH](=O)=O. The van der Waals surface area contributed by atoms with Crippen molar-refractivity contribution in [2.24, 2.45) is 5.10 Å².